The van der Waals surface area contributed by atoms with Gasteiger partial charge in [0, 0.05) is 76.7 Å². The molecule has 2 aliphatic rings. The van der Waals surface area contributed by atoms with E-state index in [9.17, 15) is 0 Å². The summed E-state index contributed by atoms with van der Waals surface area (Å²) in [6.45, 7) is 9.45. The Morgan fingerprint density at radius 3 is 1.19 bits per heavy atom. The van der Waals surface area contributed by atoms with Gasteiger partial charge in [0.1, 0.15) is 0 Å². The average molecular weight is 1160 g/mol. The molecule has 0 unspecified atom stereocenters. The highest BCUT2D eigenvalue weighted by molar-refractivity contribution is 6.14. The molecule has 0 radical (unpaired) electrons. The summed E-state index contributed by atoms with van der Waals surface area (Å²) in [5.41, 5.74) is 29.6. The number of aromatic nitrogens is 5. The maximum Gasteiger partial charge on any atom is 0.160 e. The SMILES string of the molecule is CC1(C)c2ccccc2-c2ccc(-n3c4ccccc4c4cc(-c5ccc6c7ccc(-c8ccc9c(c8)c8ccccc8n9-c8ccc9c(c8)C(C)(C)c8ccccc8-9)cc7n(-c7ccc(-c8nc(-c9ccccc9)c9ccccc9n8)cc7)c6c5)ccc43)cc21. The van der Waals surface area contributed by atoms with Gasteiger partial charge in [-0.25, -0.2) is 9.97 Å². The third kappa shape index (κ3) is 7.52. The summed E-state index contributed by atoms with van der Waals surface area (Å²) < 4.78 is 7.39. The van der Waals surface area contributed by atoms with Gasteiger partial charge in [0.25, 0.3) is 0 Å². The van der Waals surface area contributed by atoms with Crippen LogP contribution in [-0.4, -0.2) is 23.7 Å². The number of nitrogens with zero attached hydrogens (tertiary/aromatic N) is 5. The van der Waals surface area contributed by atoms with E-state index >= 15 is 0 Å². The molecule has 428 valence electrons. The van der Waals surface area contributed by atoms with E-state index in [-0.39, 0.29) is 10.8 Å². The van der Waals surface area contributed by atoms with E-state index in [1.165, 1.54) is 121 Å². The molecule has 2 aliphatic carbocycles. The highest BCUT2D eigenvalue weighted by atomic mass is 15.0. The van der Waals surface area contributed by atoms with E-state index < -0.39 is 0 Å². The number of benzene rings is 13. The summed E-state index contributed by atoms with van der Waals surface area (Å²) in [5.74, 6) is 0.695. The van der Waals surface area contributed by atoms with Crippen LogP contribution in [-0.2, 0) is 10.8 Å². The van der Waals surface area contributed by atoms with E-state index in [0.29, 0.717) is 5.82 Å². The summed E-state index contributed by atoms with van der Waals surface area (Å²) in [6, 6.07) is 106. The Kier molecular flexibility index (Phi) is 10.8. The molecule has 0 fully saturated rings. The molecule has 4 aromatic heterocycles. The Bertz CT molecular complexity index is 5670. The summed E-state index contributed by atoms with van der Waals surface area (Å²) in [4.78, 5) is 10.4. The summed E-state index contributed by atoms with van der Waals surface area (Å²) in [5, 5.41) is 8.34. The number of hydrogen-bond donors (Lipinski definition) is 0. The van der Waals surface area contributed by atoms with Crippen LogP contribution < -0.4 is 0 Å². The third-order valence-corrected chi connectivity index (χ3v) is 20.5. The fourth-order valence-electron chi connectivity index (χ4n) is 16.0. The van der Waals surface area contributed by atoms with Crippen LogP contribution in [0.1, 0.15) is 49.9 Å². The van der Waals surface area contributed by atoms with Crippen LogP contribution in [0.2, 0.25) is 0 Å². The monoisotopic (exact) mass is 1160 g/mol. The number of fused-ring (bicyclic) bond motifs is 16. The third-order valence-electron chi connectivity index (χ3n) is 20.5. The topological polar surface area (TPSA) is 40.6 Å². The standard InChI is InChI=1S/C86H59N5/c1-85(2)72-25-13-8-20-61(72)63-42-38-59(50-74(63)85)90-77-28-16-11-22-65(77)70-46-54(34-44-79(70)90)56-32-40-67-68-41-33-57(49-82(68)89(81(67)48-56)58-36-30-53(31-37-58)84-87-76-27-15-10-24-69(76)83(88-84)52-18-6-5-7-19-52)55-35-45-80-71(47-55)66-23-12-17-29-78(66)91(80)60-39-43-64-62-21-9-14-26-73(62)86(3,4)75(64)51-60/h5-51H,1-4H3. The lowest BCUT2D eigenvalue weighted by Crippen LogP contribution is -2.15. The van der Waals surface area contributed by atoms with Crippen molar-refractivity contribution in [3.8, 4) is 84.2 Å². The van der Waals surface area contributed by atoms with Crippen LogP contribution in [0.4, 0.5) is 0 Å². The second-order valence-corrected chi connectivity index (χ2v) is 26.1. The molecule has 0 saturated carbocycles. The lowest BCUT2D eigenvalue weighted by molar-refractivity contribution is 0.660. The van der Waals surface area contributed by atoms with Crippen LogP contribution in [0.25, 0.3) is 161 Å². The normalized spacial score (nSPS) is 13.7. The molecule has 13 aromatic carbocycles. The van der Waals surface area contributed by atoms with Crippen molar-refractivity contribution in [2.75, 3.05) is 0 Å². The van der Waals surface area contributed by atoms with Crippen molar-refractivity contribution < 1.29 is 0 Å². The van der Waals surface area contributed by atoms with Crippen LogP contribution in [0.15, 0.2) is 285 Å². The van der Waals surface area contributed by atoms with Gasteiger partial charge in [-0.3, -0.25) is 0 Å². The molecule has 91 heavy (non-hydrogen) atoms. The first kappa shape index (κ1) is 51.6. The van der Waals surface area contributed by atoms with E-state index in [4.69, 9.17) is 9.97 Å². The molecule has 19 rings (SSSR count). The van der Waals surface area contributed by atoms with Crippen molar-refractivity contribution in [1.82, 2.24) is 23.7 Å². The summed E-state index contributed by atoms with van der Waals surface area (Å²) >= 11 is 0. The predicted octanol–water partition coefficient (Wildman–Crippen LogP) is 22.2. The van der Waals surface area contributed by atoms with E-state index in [2.05, 4.69) is 327 Å². The number of para-hydroxylation sites is 3. The first-order valence-corrected chi connectivity index (χ1v) is 31.7. The van der Waals surface area contributed by atoms with Gasteiger partial charge in [-0.1, -0.05) is 210 Å². The highest BCUT2D eigenvalue weighted by Gasteiger charge is 2.37. The summed E-state index contributed by atoms with van der Waals surface area (Å²) in [6.07, 6.45) is 0. The molecule has 0 N–H and O–H groups in total. The zero-order valence-electron chi connectivity index (χ0n) is 50.9. The Balaban J connectivity index is 0.763. The Hall–Kier alpha value is -11.4. The Morgan fingerprint density at radius 1 is 0.242 bits per heavy atom. The molecular formula is C86H59N5. The van der Waals surface area contributed by atoms with Gasteiger partial charge in [-0.05, 0) is 170 Å². The summed E-state index contributed by atoms with van der Waals surface area (Å²) in [7, 11) is 0. The van der Waals surface area contributed by atoms with Gasteiger partial charge in [0.05, 0.1) is 44.3 Å². The Labute approximate surface area is 527 Å². The van der Waals surface area contributed by atoms with Crippen molar-refractivity contribution in [1.29, 1.82) is 0 Å². The Morgan fingerprint density at radius 2 is 0.637 bits per heavy atom. The van der Waals surface area contributed by atoms with E-state index in [1.807, 2.05) is 0 Å². The zero-order chi connectivity index (χ0) is 60.4. The van der Waals surface area contributed by atoms with Crippen LogP contribution in [0.3, 0.4) is 0 Å². The quantitative estimate of drug-likeness (QED) is 0.160. The van der Waals surface area contributed by atoms with Crippen molar-refractivity contribution in [3.05, 3.63) is 307 Å². The highest BCUT2D eigenvalue weighted by Crippen LogP contribution is 2.52. The second-order valence-electron chi connectivity index (χ2n) is 26.1. The predicted molar refractivity (Wildman–Crippen MR) is 379 cm³/mol. The van der Waals surface area contributed by atoms with Crippen LogP contribution in [0, 0.1) is 0 Å². The fourth-order valence-corrected chi connectivity index (χ4v) is 16.0. The van der Waals surface area contributed by atoms with Crippen LogP contribution in [0.5, 0.6) is 0 Å². The van der Waals surface area contributed by atoms with Crippen molar-refractivity contribution >= 4 is 76.3 Å². The van der Waals surface area contributed by atoms with Crippen molar-refractivity contribution in [2.24, 2.45) is 0 Å². The molecule has 0 atom stereocenters. The van der Waals surface area contributed by atoms with Gasteiger partial charge < -0.3 is 13.7 Å². The smallest absolute Gasteiger partial charge is 0.160 e. The molecule has 0 bridgehead atoms. The average Bonchev–Trinajstić information content (AvgIpc) is 1.61. The van der Waals surface area contributed by atoms with Crippen molar-refractivity contribution in [3.63, 3.8) is 0 Å². The number of rotatable bonds is 7. The molecule has 4 heterocycles. The molecule has 5 nitrogen and oxygen atoms in total. The molecule has 0 amide bonds. The lowest BCUT2D eigenvalue weighted by atomic mass is 9.82. The van der Waals surface area contributed by atoms with E-state index in [1.54, 1.807) is 0 Å². The first-order chi connectivity index (χ1) is 44.6. The van der Waals surface area contributed by atoms with Gasteiger partial charge >= 0.3 is 0 Å². The molecular weight excluding hydrogens is 1100 g/mol. The van der Waals surface area contributed by atoms with Gasteiger partial charge in [0.15, 0.2) is 5.82 Å². The first-order valence-electron chi connectivity index (χ1n) is 31.7. The van der Waals surface area contributed by atoms with E-state index in [0.717, 1.165) is 55.6 Å². The van der Waals surface area contributed by atoms with Crippen LogP contribution >= 0.6 is 0 Å². The molecule has 0 aliphatic heterocycles. The lowest BCUT2D eigenvalue weighted by Gasteiger charge is -2.22. The number of hydrogen-bond acceptors (Lipinski definition) is 2. The minimum absolute atomic E-state index is 0.107. The molecule has 0 saturated heterocycles. The van der Waals surface area contributed by atoms with Gasteiger partial charge in [0.2, 0.25) is 0 Å². The molecule has 17 aromatic rings. The molecule has 5 heteroatoms. The van der Waals surface area contributed by atoms with Gasteiger partial charge in [-0.2, -0.15) is 0 Å². The van der Waals surface area contributed by atoms with Gasteiger partial charge in [-0.15, -0.1) is 0 Å². The van der Waals surface area contributed by atoms with Crippen molar-refractivity contribution in [2.45, 2.75) is 38.5 Å². The maximum absolute atomic E-state index is 5.28. The minimum Gasteiger partial charge on any atom is -0.309 e. The fraction of sp³-hybridized carbons (Fsp3) is 0.0698. The maximum atomic E-state index is 5.28. The minimum atomic E-state index is -0.107. The molecule has 0 spiro atoms. The second kappa shape index (κ2) is 19.1. The zero-order valence-corrected chi connectivity index (χ0v) is 50.9. The largest absolute Gasteiger partial charge is 0.309 e.